The summed E-state index contributed by atoms with van der Waals surface area (Å²) in [6, 6.07) is 10.7. The Morgan fingerprint density at radius 3 is 2.68 bits per heavy atom. The molecule has 1 aromatic carbocycles. The third-order valence-electron chi connectivity index (χ3n) is 5.32. The maximum absolute atomic E-state index is 4.59. The van der Waals surface area contributed by atoms with E-state index in [9.17, 15) is 0 Å². The number of aryl methyl sites for hydroxylation is 2. The van der Waals surface area contributed by atoms with E-state index in [1.807, 2.05) is 7.05 Å². The van der Waals surface area contributed by atoms with Crippen LogP contribution in [0.5, 0.6) is 0 Å². The molecule has 0 bridgehead atoms. The summed E-state index contributed by atoms with van der Waals surface area (Å²) in [4.78, 5) is 11.5. The lowest BCUT2D eigenvalue weighted by Gasteiger charge is -2.31. The summed E-state index contributed by atoms with van der Waals surface area (Å²) in [5, 5.41) is 10.3. The molecule has 3 rings (SSSR count). The van der Waals surface area contributed by atoms with Crippen LogP contribution in [0.3, 0.4) is 0 Å². The molecule has 1 aliphatic rings. The highest BCUT2D eigenvalue weighted by atomic mass is 32.1. The van der Waals surface area contributed by atoms with Crippen molar-refractivity contribution in [3.63, 3.8) is 0 Å². The Bertz CT molecular complexity index is 720. The number of aliphatic imine (C=N–C) groups is 1. The van der Waals surface area contributed by atoms with Gasteiger partial charge in [0.05, 0.1) is 10.7 Å². The van der Waals surface area contributed by atoms with Crippen molar-refractivity contribution < 1.29 is 0 Å². The van der Waals surface area contributed by atoms with Crippen molar-refractivity contribution in [2.75, 3.05) is 33.2 Å². The van der Waals surface area contributed by atoms with E-state index in [4.69, 9.17) is 0 Å². The predicted molar refractivity (Wildman–Crippen MR) is 119 cm³/mol. The highest BCUT2D eigenvalue weighted by Gasteiger charge is 2.20. The van der Waals surface area contributed by atoms with Gasteiger partial charge in [0.25, 0.3) is 0 Å². The number of guanidine groups is 1. The summed E-state index contributed by atoms with van der Waals surface area (Å²) >= 11 is 1.75. The average Bonchev–Trinajstić information content (AvgIpc) is 3.14. The average molecular weight is 400 g/mol. The van der Waals surface area contributed by atoms with Crippen molar-refractivity contribution in [3.8, 4) is 0 Å². The summed E-state index contributed by atoms with van der Waals surface area (Å²) < 4.78 is 0. The minimum absolute atomic E-state index is 0.719. The number of benzene rings is 1. The Labute approximate surface area is 173 Å². The van der Waals surface area contributed by atoms with Gasteiger partial charge in [-0.05, 0) is 57.2 Å². The number of hydrogen-bond donors (Lipinski definition) is 2. The molecule has 0 radical (unpaired) electrons. The first-order chi connectivity index (χ1) is 13.7. The Kier molecular flexibility index (Phi) is 8.30. The van der Waals surface area contributed by atoms with Crippen molar-refractivity contribution in [3.05, 3.63) is 52.0 Å². The molecular formula is C22H33N5S. The lowest BCUT2D eigenvalue weighted by Crippen LogP contribution is -2.43. The minimum Gasteiger partial charge on any atom is -0.356 e. The zero-order valence-electron chi connectivity index (χ0n) is 17.2. The Balaban J connectivity index is 1.29. The number of likely N-dealkylation sites (tertiary alicyclic amines) is 1. The first kappa shape index (κ1) is 20.8. The third kappa shape index (κ3) is 6.91. The van der Waals surface area contributed by atoms with E-state index in [2.05, 4.69) is 68.1 Å². The van der Waals surface area contributed by atoms with Crippen LogP contribution in [0.2, 0.25) is 0 Å². The number of nitrogens with one attached hydrogen (secondary N) is 2. The number of nitrogens with zero attached hydrogens (tertiary/aromatic N) is 3. The first-order valence-corrected chi connectivity index (χ1v) is 11.2. The maximum atomic E-state index is 4.59. The monoisotopic (exact) mass is 399 g/mol. The fourth-order valence-corrected chi connectivity index (χ4v) is 4.27. The van der Waals surface area contributed by atoms with Crippen LogP contribution in [0, 0.1) is 12.8 Å². The zero-order chi connectivity index (χ0) is 19.6. The van der Waals surface area contributed by atoms with Crippen LogP contribution in [-0.2, 0) is 13.0 Å². The second kappa shape index (κ2) is 11.2. The molecule has 0 aliphatic carbocycles. The summed E-state index contributed by atoms with van der Waals surface area (Å²) in [6.45, 7) is 7.34. The van der Waals surface area contributed by atoms with Gasteiger partial charge in [-0.2, -0.15) is 0 Å². The molecule has 2 N–H and O–H groups in total. The number of rotatable bonds is 8. The van der Waals surface area contributed by atoms with Crippen molar-refractivity contribution in [1.29, 1.82) is 0 Å². The lowest BCUT2D eigenvalue weighted by molar-refractivity contribution is 0.176. The van der Waals surface area contributed by atoms with E-state index >= 15 is 0 Å². The van der Waals surface area contributed by atoms with E-state index in [1.54, 1.807) is 11.3 Å². The summed E-state index contributed by atoms with van der Waals surface area (Å²) in [5.74, 6) is 1.64. The Hall–Kier alpha value is -1.92. The van der Waals surface area contributed by atoms with Crippen molar-refractivity contribution in [2.24, 2.45) is 10.9 Å². The summed E-state index contributed by atoms with van der Waals surface area (Å²) in [5.41, 5.74) is 2.62. The number of piperidine rings is 1. The molecule has 1 aliphatic heterocycles. The number of aromatic nitrogens is 1. The Morgan fingerprint density at radius 2 is 2.00 bits per heavy atom. The molecular weight excluding hydrogens is 366 g/mol. The fourth-order valence-electron chi connectivity index (χ4n) is 3.66. The summed E-state index contributed by atoms with van der Waals surface area (Å²) in [6.07, 6.45) is 4.68. The molecule has 2 aromatic rings. The smallest absolute Gasteiger partial charge is 0.190 e. The van der Waals surface area contributed by atoms with Crippen LogP contribution in [0.1, 0.15) is 35.5 Å². The van der Waals surface area contributed by atoms with Gasteiger partial charge in [-0.25, -0.2) is 4.98 Å². The zero-order valence-corrected chi connectivity index (χ0v) is 18.0. The van der Waals surface area contributed by atoms with Crippen LogP contribution in [0.25, 0.3) is 0 Å². The van der Waals surface area contributed by atoms with Crippen LogP contribution >= 0.6 is 11.3 Å². The summed E-state index contributed by atoms with van der Waals surface area (Å²) in [7, 11) is 1.85. The van der Waals surface area contributed by atoms with Gasteiger partial charge >= 0.3 is 0 Å². The van der Waals surface area contributed by atoms with Crippen molar-refractivity contribution in [1.82, 2.24) is 20.5 Å². The van der Waals surface area contributed by atoms with E-state index in [-0.39, 0.29) is 0 Å². The normalized spacial score (nSPS) is 16.3. The first-order valence-electron chi connectivity index (χ1n) is 10.3. The fraction of sp³-hybridized carbons (Fsp3) is 0.545. The molecule has 1 fully saturated rings. The molecule has 0 atom stereocenters. The lowest BCUT2D eigenvalue weighted by atomic mass is 9.97. The number of thiazole rings is 1. The topological polar surface area (TPSA) is 52.6 Å². The molecule has 1 aromatic heterocycles. The second-order valence-electron chi connectivity index (χ2n) is 7.55. The molecule has 0 unspecified atom stereocenters. The quantitative estimate of drug-likeness (QED) is 0.405. The maximum Gasteiger partial charge on any atom is 0.190 e. The van der Waals surface area contributed by atoms with E-state index in [0.717, 1.165) is 62.5 Å². The van der Waals surface area contributed by atoms with Gasteiger partial charge in [0.2, 0.25) is 0 Å². The SMILES string of the molecule is CN=C(NCCCc1ccccc1)NCC1CCN(Cc2csc(C)n2)CC1. The van der Waals surface area contributed by atoms with Gasteiger partial charge in [0, 0.05) is 32.1 Å². The minimum atomic E-state index is 0.719. The van der Waals surface area contributed by atoms with Crippen LogP contribution in [0.15, 0.2) is 40.7 Å². The highest BCUT2D eigenvalue weighted by Crippen LogP contribution is 2.19. The number of hydrogen-bond acceptors (Lipinski definition) is 4. The van der Waals surface area contributed by atoms with Crippen LogP contribution in [0.4, 0.5) is 0 Å². The van der Waals surface area contributed by atoms with E-state index in [1.165, 1.54) is 24.1 Å². The van der Waals surface area contributed by atoms with E-state index < -0.39 is 0 Å². The van der Waals surface area contributed by atoms with Crippen LogP contribution < -0.4 is 10.6 Å². The molecule has 0 spiro atoms. The van der Waals surface area contributed by atoms with Crippen molar-refractivity contribution >= 4 is 17.3 Å². The molecule has 5 nitrogen and oxygen atoms in total. The Morgan fingerprint density at radius 1 is 1.21 bits per heavy atom. The molecule has 152 valence electrons. The molecule has 2 heterocycles. The van der Waals surface area contributed by atoms with Crippen molar-refractivity contribution in [2.45, 2.75) is 39.2 Å². The molecule has 28 heavy (non-hydrogen) atoms. The van der Waals surface area contributed by atoms with Gasteiger partial charge in [0.1, 0.15) is 0 Å². The molecule has 0 saturated carbocycles. The standard InChI is InChI=1S/C22H33N5S/c1-18-26-21(17-28-18)16-27-13-10-20(11-14-27)15-25-22(23-2)24-12-6-9-19-7-4-3-5-8-19/h3-5,7-8,17,20H,6,9-16H2,1-2H3,(H2,23,24,25). The largest absolute Gasteiger partial charge is 0.356 e. The van der Waals surface area contributed by atoms with Gasteiger partial charge in [0.15, 0.2) is 5.96 Å². The highest BCUT2D eigenvalue weighted by molar-refractivity contribution is 7.09. The van der Waals surface area contributed by atoms with Gasteiger partial charge in [-0.1, -0.05) is 30.3 Å². The van der Waals surface area contributed by atoms with Crippen LogP contribution in [-0.4, -0.2) is 49.1 Å². The van der Waals surface area contributed by atoms with Gasteiger partial charge in [-0.15, -0.1) is 11.3 Å². The van der Waals surface area contributed by atoms with Gasteiger partial charge in [-0.3, -0.25) is 9.89 Å². The van der Waals surface area contributed by atoms with E-state index in [0.29, 0.717) is 0 Å². The molecule has 6 heteroatoms. The second-order valence-corrected chi connectivity index (χ2v) is 8.61. The predicted octanol–water partition coefficient (Wildman–Crippen LogP) is 3.46. The third-order valence-corrected chi connectivity index (χ3v) is 6.14. The molecule has 0 amide bonds. The van der Waals surface area contributed by atoms with Gasteiger partial charge < -0.3 is 10.6 Å². The molecule has 1 saturated heterocycles.